The van der Waals surface area contributed by atoms with Crippen LogP contribution in [-0.2, 0) is 0 Å². The van der Waals surface area contributed by atoms with Crippen molar-refractivity contribution in [3.63, 3.8) is 0 Å². The Kier molecular flexibility index (Phi) is 5.51. The number of hydrogen-bond acceptors (Lipinski definition) is 2. The van der Waals surface area contributed by atoms with Crippen molar-refractivity contribution in [2.24, 2.45) is 0 Å². The molecule has 1 aliphatic heterocycles. The fourth-order valence-corrected chi connectivity index (χ4v) is 2.89. The van der Waals surface area contributed by atoms with Gasteiger partial charge in [-0.05, 0) is 50.1 Å². The predicted octanol–water partition coefficient (Wildman–Crippen LogP) is 4.09. The highest BCUT2D eigenvalue weighted by Gasteiger charge is 2.19. The molecule has 1 aliphatic rings. The Balaban J connectivity index is 1.75. The summed E-state index contributed by atoms with van der Waals surface area (Å²) in [5, 5.41) is 0. The lowest BCUT2D eigenvalue weighted by atomic mass is 10.0. The Bertz CT molecular complexity index is 352. The number of likely N-dealkylation sites (tertiary alicyclic amines) is 1. The van der Waals surface area contributed by atoms with E-state index in [4.69, 9.17) is 4.74 Å². The SMILES string of the molecule is CC[C@H]1CCCCN1CCOc1ccc(Br)cc1. The topological polar surface area (TPSA) is 12.5 Å². The molecule has 0 N–H and O–H groups in total. The molecule has 2 nitrogen and oxygen atoms in total. The van der Waals surface area contributed by atoms with Gasteiger partial charge in [-0.3, -0.25) is 4.90 Å². The van der Waals surface area contributed by atoms with Gasteiger partial charge in [-0.1, -0.05) is 29.3 Å². The molecule has 100 valence electrons. The third-order valence-corrected chi connectivity index (χ3v) is 4.21. The number of nitrogens with zero attached hydrogens (tertiary/aromatic N) is 1. The molecule has 0 bridgehead atoms. The largest absolute Gasteiger partial charge is 0.492 e. The molecule has 3 heteroatoms. The zero-order valence-electron chi connectivity index (χ0n) is 11.1. The highest BCUT2D eigenvalue weighted by Crippen LogP contribution is 2.19. The summed E-state index contributed by atoms with van der Waals surface area (Å²) >= 11 is 3.43. The molecule has 2 rings (SSSR count). The van der Waals surface area contributed by atoms with Crippen molar-refractivity contribution < 1.29 is 4.74 Å². The fraction of sp³-hybridized carbons (Fsp3) is 0.600. The van der Waals surface area contributed by atoms with Crippen molar-refractivity contribution in [2.45, 2.75) is 38.6 Å². The quantitative estimate of drug-likeness (QED) is 0.812. The Morgan fingerprint density at radius 2 is 2.06 bits per heavy atom. The molecule has 0 amide bonds. The summed E-state index contributed by atoms with van der Waals surface area (Å²) in [7, 11) is 0. The zero-order chi connectivity index (χ0) is 12.8. The van der Waals surface area contributed by atoms with Crippen molar-refractivity contribution >= 4 is 15.9 Å². The van der Waals surface area contributed by atoms with Crippen LogP contribution in [0.4, 0.5) is 0 Å². The van der Waals surface area contributed by atoms with E-state index in [0.29, 0.717) is 0 Å². The standard InChI is InChI=1S/C15H22BrNO/c1-2-14-5-3-4-10-17(14)11-12-18-15-8-6-13(16)7-9-15/h6-9,14H,2-5,10-12H2,1H3/t14-/m0/s1. The molecule has 0 unspecified atom stereocenters. The van der Waals surface area contributed by atoms with Gasteiger partial charge in [-0.15, -0.1) is 0 Å². The van der Waals surface area contributed by atoms with Crippen LogP contribution in [0, 0.1) is 0 Å². The summed E-state index contributed by atoms with van der Waals surface area (Å²) in [6.07, 6.45) is 5.35. The summed E-state index contributed by atoms with van der Waals surface area (Å²) in [6, 6.07) is 8.83. The number of ether oxygens (including phenoxy) is 1. The Morgan fingerprint density at radius 3 is 2.78 bits per heavy atom. The first-order chi connectivity index (χ1) is 8.79. The van der Waals surface area contributed by atoms with Crippen molar-refractivity contribution in [1.82, 2.24) is 4.90 Å². The van der Waals surface area contributed by atoms with Crippen molar-refractivity contribution in [1.29, 1.82) is 0 Å². The van der Waals surface area contributed by atoms with E-state index in [2.05, 4.69) is 27.8 Å². The van der Waals surface area contributed by atoms with E-state index in [0.717, 1.165) is 29.4 Å². The third kappa shape index (κ3) is 3.99. The smallest absolute Gasteiger partial charge is 0.119 e. The average Bonchev–Trinajstić information content (AvgIpc) is 2.41. The van der Waals surface area contributed by atoms with Gasteiger partial charge >= 0.3 is 0 Å². The van der Waals surface area contributed by atoms with Crippen molar-refractivity contribution in [3.05, 3.63) is 28.7 Å². The van der Waals surface area contributed by atoms with Crippen LogP contribution in [0.25, 0.3) is 0 Å². The summed E-state index contributed by atoms with van der Waals surface area (Å²) in [5.74, 6) is 0.961. The first kappa shape index (κ1) is 13.9. The van der Waals surface area contributed by atoms with Gasteiger partial charge in [0.05, 0.1) is 0 Å². The van der Waals surface area contributed by atoms with E-state index < -0.39 is 0 Å². The van der Waals surface area contributed by atoms with Crippen LogP contribution in [0.5, 0.6) is 5.75 Å². The number of hydrogen-bond donors (Lipinski definition) is 0. The molecule has 1 aromatic rings. The van der Waals surface area contributed by atoms with Crippen LogP contribution in [-0.4, -0.2) is 30.6 Å². The molecule has 1 heterocycles. The monoisotopic (exact) mass is 311 g/mol. The van der Waals surface area contributed by atoms with Gasteiger partial charge in [0.15, 0.2) is 0 Å². The molecule has 0 spiro atoms. The number of rotatable bonds is 5. The Labute approximate surface area is 118 Å². The molecule has 0 radical (unpaired) electrons. The van der Waals surface area contributed by atoms with Gasteiger partial charge in [0.25, 0.3) is 0 Å². The van der Waals surface area contributed by atoms with E-state index in [1.165, 1.54) is 32.2 Å². The van der Waals surface area contributed by atoms with E-state index in [9.17, 15) is 0 Å². The van der Waals surface area contributed by atoms with Crippen LogP contribution >= 0.6 is 15.9 Å². The van der Waals surface area contributed by atoms with Crippen LogP contribution in [0.2, 0.25) is 0 Å². The highest BCUT2D eigenvalue weighted by atomic mass is 79.9. The minimum Gasteiger partial charge on any atom is -0.492 e. The van der Waals surface area contributed by atoms with Gasteiger partial charge in [0.2, 0.25) is 0 Å². The molecule has 0 aromatic heterocycles. The van der Waals surface area contributed by atoms with Gasteiger partial charge in [0.1, 0.15) is 12.4 Å². The van der Waals surface area contributed by atoms with Crippen molar-refractivity contribution in [3.8, 4) is 5.75 Å². The van der Waals surface area contributed by atoms with Crippen LogP contribution in [0.15, 0.2) is 28.7 Å². The van der Waals surface area contributed by atoms with E-state index >= 15 is 0 Å². The lowest BCUT2D eigenvalue weighted by molar-refractivity contribution is 0.120. The maximum atomic E-state index is 5.79. The fourth-order valence-electron chi connectivity index (χ4n) is 2.63. The van der Waals surface area contributed by atoms with Gasteiger partial charge < -0.3 is 4.74 Å². The maximum absolute atomic E-state index is 5.79. The van der Waals surface area contributed by atoms with Crippen LogP contribution in [0.3, 0.4) is 0 Å². The highest BCUT2D eigenvalue weighted by molar-refractivity contribution is 9.10. The predicted molar refractivity (Wildman–Crippen MR) is 79.1 cm³/mol. The first-order valence-corrected chi connectivity index (χ1v) is 7.71. The molecular weight excluding hydrogens is 290 g/mol. The van der Waals surface area contributed by atoms with E-state index in [1.54, 1.807) is 0 Å². The second-order valence-electron chi connectivity index (χ2n) is 4.90. The minimum atomic E-state index is 0.771. The van der Waals surface area contributed by atoms with Gasteiger partial charge in [0, 0.05) is 17.1 Å². The summed E-state index contributed by atoms with van der Waals surface area (Å²) in [4.78, 5) is 2.59. The second-order valence-corrected chi connectivity index (χ2v) is 5.81. The van der Waals surface area contributed by atoms with Crippen molar-refractivity contribution in [2.75, 3.05) is 19.7 Å². The van der Waals surface area contributed by atoms with Crippen LogP contribution < -0.4 is 4.74 Å². The number of halogens is 1. The molecule has 1 fully saturated rings. The molecular formula is C15H22BrNO. The minimum absolute atomic E-state index is 0.771. The van der Waals surface area contributed by atoms with Crippen LogP contribution in [0.1, 0.15) is 32.6 Å². The Morgan fingerprint density at radius 1 is 1.28 bits per heavy atom. The molecule has 1 saturated heterocycles. The maximum Gasteiger partial charge on any atom is 0.119 e. The lowest BCUT2D eigenvalue weighted by Crippen LogP contribution is -2.41. The number of benzene rings is 1. The average molecular weight is 312 g/mol. The number of piperidine rings is 1. The van der Waals surface area contributed by atoms with Gasteiger partial charge in [-0.25, -0.2) is 0 Å². The molecule has 1 atom stereocenters. The van der Waals surface area contributed by atoms with E-state index in [-0.39, 0.29) is 0 Å². The van der Waals surface area contributed by atoms with E-state index in [1.807, 2.05) is 24.3 Å². The zero-order valence-corrected chi connectivity index (χ0v) is 12.7. The normalized spacial score (nSPS) is 20.9. The molecule has 0 saturated carbocycles. The Hall–Kier alpha value is -0.540. The summed E-state index contributed by atoms with van der Waals surface area (Å²) in [6.45, 7) is 5.37. The molecule has 0 aliphatic carbocycles. The summed E-state index contributed by atoms with van der Waals surface area (Å²) in [5.41, 5.74) is 0. The van der Waals surface area contributed by atoms with Gasteiger partial charge in [-0.2, -0.15) is 0 Å². The molecule has 1 aromatic carbocycles. The summed E-state index contributed by atoms with van der Waals surface area (Å²) < 4.78 is 6.89. The second kappa shape index (κ2) is 7.15. The third-order valence-electron chi connectivity index (χ3n) is 3.68. The lowest BCUT2D eigenvalue weighted by Gasteiger charge is -2.34. The molecule has 18 heavy (non-hydrogen) atoms. The first-order valence-electron chi connectivity index (χ1n) is 6.92.